The Labute approximate surface area is 199 Å². The molecule has 1 aliphatic rings. The quantitative estimate of drug-likeness (QED) is 0.352. The lowest BCUT2D eigenvalue weighted by atomic mass is 9.79. The second-order valence-electron chi connectivity index (χ2n) is 11.0. The largest absolute Gasteiger partial charge is 0.487 e. The van der Waals surface area contributed by atoms with E-state index < -0.39 is 24.3 Å². The summed E-state index contributed by atoms with van der Waals surface area (Å²) in [6, 6.07) is 0. The fraction of sp³-hybridized carbons (Fsp3) is 0.714. The Morgan fingerprint density at radius 2 is 1.61 bits per heavy atom. The first-order valence-corrected chi connectivity index (χ1v) is 12.6. The molecular formula is C28H44O5. The van der Waals surface area contributed by atoms with E-state index in [0.29, 0.717) is 5.56 Å². The van der Waals surface area contributed by atoms with Gasteiger partial charge in [0.2, 0.25) is 0 Å². The summed E-state index contributed by atoms with van der Waals surface area (Å²) in [4.78, 5) is 23.2. The minimum absolute atomic E-state index is 0.219. The molecule has 0 bridgehead atoms. The molecule has 0 saturated carbocycles. The maximum atomic E-state index is 11.9. The maximum Gasteiger partial charge on any atom is 0.311 e. The van der Waals surface area contributed by atoms with Crippen molar-refractivity contribution in [2.45, 2.75) is 118 Å². The third-order valence-corrected chi connectivity index (χ3v) is 7.60. The Hall–Kier alpha value is -2.04. The van der Waals surface area contributed by atoms with Gasteiger partial charge in [0.25, 0.3) is 0 Å². The molecule has 0 amide bonds. The number of carbonyl (C=O) groups is 2. The SMILES string of the molecule is Cc1c(C)c(C(CC(=O)O)C(=O)O)c(C)c2c1O[C@](C)(CCCC(C)CCCC(C)C)CC2. The Balaban J connectivity index is 2.15. The molecule has 2 unspecified atom stereocenters. The summed E-state index contributed by atoms with van der Waals surface area (Å²) in [5.74, 6) is -0.841. The number of ether oxygens (including phenoxy) is 1. The van der Waals surface area contributed by atoms with E-state index in [1.807, 2.05) is 20.8 Å². The van der Waals surface area contributed by atoms with Crippen molar-refractivity contribution >= 4 is 11.9 Å². The average molecular weight is 461 g/mol. The number of rotatable bonds is 12. The van der Waals surface area contributed by atoms with Crippen LogP contribution in [0, 0.1) is 32.6 Å². The molecule has 3 atom stereocenters. The van der Waals surface area contributed by atoms with Crippen LogP contribution in [-0.4, -0.2) is 27.8 Å². The molecule has 5 nitrogen and oxygen atoms in total. The van der Waals surface area contributed by atoms with E-state index >= 15 is 0 Å². The van der Waals surface area contributed by atoms with Gasteiger partial charge in [-0.25, -0.2) is 0 Å². The van der Waals surface area contributed by atoms with Crippen molar-refractivity contribution < 1.29 is 24.5 Å². The van der Waals surface area contributed by atoms with Crippen molar-refractivity contribution in [1.82, 2.24) is 0 Å². The van der Waals surface area contributed by atoms with E-state index in [4.69, 9.17) is 4.74 Å². The lowest BCUT2D eigenvalue weighted by molar-refractivity contribution is -0.145. The highest BCUT2D eigenvalue weighted by Gasteiger charge is 2.36. The number of carboxylic acid groups (broad SMARTS) is 2. The van der Waals surface area contributed by atoms with E-state index in [2.05, 4.69) is 27.7 Å². The molecule has 0 fully saturated rings. The highest BCUT2D eigenvalue weighted by molar-refractivity contribution is 5.84. The van der Waals surface area contributed by atoms with Gasteiger partial charge < -0.3 is 14.9 Å². The highest BCUT2D eigenvalue weighted by atomic mass is 16.5. The van der Waals surface area contributed by atoms with Crippen molar-refractivity contribution in [2.24, 2.45) is 11.8 Å². The van der Waals surface area contributed by atoms with Gasteiger partial charge >= 0.3 is 11.9 Å². The first-order chi connectivity index (χ1) is 15.4. The van der Waals surface area contributed by atoms with Crippen LogP contribution in [0.1, 0.15) is 113 Å². The summed E-state index contributed by atoms with van der Waals surface area (Å²) in [6.45, 7) is 14.9. The lowest BCUT2D eigenvalue weighted by Gasteiger charge is -2.39. The predicted molar refractivity (Wildman–Crippen MR) is 132 cm³/mol. The zero-order valence-corrected chi connectivity index (χ0v) is 21.7. The van der Waals surface area contributed by atoms with Gasteiger partial charge in [-0.3, -0.25) is 9.59 Å². The third kappa shape index (κ3) is 6.97. The predicted octanol–water partition coefficient (Wildman–Crippen LogP) is 6.97. The molecule has 5 heteroatoms. The highest BCUT2D eigenvalue weighted by Crippen LogP contribution is 2.44. The second-order valence-corrected chi connectivity index (χ2v) is 11.0. The van der Waals surface area contributed by atoms with Gasteiger partial charge in [-0.15, -0.1) is 0 Å². The van der Waals surface area contributed by atoms with Gasteiger partial charge in [0.05, 0.1) is 12.3 Å². The van der Waals surface area contributed by atoms with E-state index in [9.17, 15) is 19.8 Å². The van der Waals surface area contributed by atoms with Gasteiger partial charge in [-0.2, -0.15) is 0 Å². The number of aliphatic carboxylic acids is 2. The molecule has 1 heterocycles. The number of hydrogen-bond acceptors (Lipinski definition) is 3. The van der Waals surface area contributed by atoms with Crippen LogP contribution in [0.25, 0.3) is 0 Å². The zero-order valence-electron chi connectivity index (χ0n) is 21.7. The van der Waals surface area contributed by atoms with Crippen molar-refractivity contribution in [2.75, 3.05) is 0 Å². The fourth-order valence-corrected chi connectivity index (χ4v) is 5.37. The van der Waals surface area contributed by atoms with Crippen LogP contribution in [0.15, 0.2) is 0 Å². The van der Waals surface area contributed by atoms with E-state index in [1.165, 1.54) is 25.7 Å². The van der Waals surface area contributed by atoms with Crippen LogP contribution < -0.4 is 4.74 Å². The standard InChI is InChI=1S/C28H44O5/c1-17(2)10-8-11-18(3)12-9-14-28(7)15-13-22-21(6)25(19(4)20(5)26(22)33-28)23(27(31)32)16-24(29)30/h17-18,23H,8-16H2,1-7H3,(H,29,30)(H,31,32)/t18?,23?,28-/m1/s1. The fourth-order valence-electron chi connectivity index (χ4n) is 5.37. The Kier molecular flexibility index (Phi) is 9.39. The van der Waals surface area contributed by atoms with Gasteiger partial charge in [0.15, 0.2) is 0 Å². The van der Waals surface area contributed by atoms with Gasteiger partial charge in [-0.05, 0) is 93.0 Å². The molecule has 1 aromatic rings. The summed E-state index contributed by atoms with van der Waals surface area (Å²) in [7, 11) is 0. The molecule has 0 aliphatic carbocycles. The number of hydrogen-bond donors (Lipinski definition) is 2. The molecule has 1 aliphatic heterocycles. The van der Waals surface area contributed by atoms with Crippen LogP contribution in [0.5, 0.6) is 5.75 Å². The molecule has 0 radical (unpaired) electrons. The molecule has 186 valence electrons. The topological polar surface area (TPSA) is 83.8 Å². The summed E-state index contributed by atoms with van der Waals surface area (Å²) < 4.78 is 6.62. The summed E-state index contributed by atoms with van der Waals surface area (Å²) in [5.41, 5.74) is 4.12. The summed E-state index contributed by atoms with van der Waals surface area (Å²) in [5, 5.41) is 19.0. The first-order valence-electron chi connectivity index (χ1n) is 12.6. The minimum Gasteiger partial charge on any atom is -0.487 e. The molecule has 0 spiro atoms. The van der Waals surface area contributed by atoms with Crippen LogP contribution >= 0.6 is 0 Å². The van der Waals surface area contributed by atoms with Gasteiger partial charge in [0.1, 0.15) is 11.4 Å². The smallest absolute Gasteiger partial charge is 0.311 e. The molecular weight excluding hydrogens is 416 g/mol. The van der Waals surface area contributed by atoms with Crippen molar-refractivity contribution in [3.8, 4) is 5.75 Å². The molecule has 1 aromatic carbocycles. The summed E-state index contributed by atoms with van der Waals surface area (Å²) in [6.07, 6.45) is 8.58. The Bertz CT molecular complexity index is 857. The normalized spacial score (nSPS) is 19.6. The molecule has 0 saturated heterocycles. The van der Waals surface area contributed by atoms with Gasteiger partial charge in [0, 0.05) is 0 Å². The minimum atomic E-state index is -1.10. The number of fused-ring (bicyclic) bond motifs is 1. The number of carboxylic acids is 2. The first kappa shape index (κ1) is 27.2. The second kappa shape index (κ2) is 11.4. The summed E-state index contributed by atoms with van der Waals surface area (Å²) >= 11 is 0. The van der Waals surface area contributed by atoms with Crippen LogP contribution in [-0.2, 0) is 16.0 Å². The molecule has 2 N–H and O–H groups in total. The number of benzene rings is 1. The zero-order chi connectivity index (χ0) is 24.9. The monoisotopic (exact) mass is 460 g/mol. The van der Waals surface area contributed by atoms with Crippen molar-refractivity contribution in [3.63, 3.8) is 0 Å². The van der Waals surface area contributed by atoms with Crippen LogP contribution in [0.2, 0.25) is 0 Å². The van der Waals surface area contributed by atoms with E-state index in [-0.39, 0.29) is 5.60 Å². The van der Waals surface area contributed by atoms with Crippen LogP contribution in [0.3, 0.4) is 0 Å². The van der Waals surface area contributed by atoms with Crippen LogP contribution in [0.4, 0.5) is 0 Å². The Morgan fingerprint density at radius 1 is 0.970 bits per heavy atom. The molecule has 2 rings (SSSR count). The maximum absolute atomic E-state index is 11.9. The average Bonchev–Trinajstić information content (AvgIpc) is 2.70. The van der Waals surface area contributed by atoms with Gasteiger partial charge in [-0.1, -0.05) is 46.5 Å². The van der Waals surface area contributed by atoms with E-state index in [1.54, 1.807) is 0 Å². The van der Waals surface area contributed by atoms with E-state index in [0.717, 1.165) is 65.5 Å². The van der Waals surface area contributed by atoms with Crippen molar-refractivity contribution in [1.29, 1.82) is 0 Å². The van der Waals surface area contributed by atoms with Crippen molar-refractivity contribution in [3.05, 3.63) is 27.8 Å². The lowest BCUT2D eigenvalue weighted by Crippen LogP contribution is -2.37. The Morgan fingerprint density at radius 3 is 2.18 bits per heavy atom. The molecule has 0 aromatic heterocycles. The third-order valence-electron chi connectivity index (χ3n) is 7.60. The molecule has 33 heavy (non-hydrogen) atoms.